The van der Waals surface area contributed by atoms with Crippen LogP contribution in [-0.4, -0.2) is 13.9 Å². The first-order valence-electron chi connectivity index (χ1n) is 4.81. The fourth-order valence-electron chi connectivity index (χ4n) is 1.30. The zero-order valence-corrected chi connectivity index (χ0v) is 9.52. The molecule has 0 aliphatic rings. The minimum atomic E-state index is -2.23. The smallest absolute Gasteiger partial charge is 0.131 e. The lowest BCUT2D eigenvalue weighted by atomic mass is 10.3. The third-order valence-corrected chi connectivity index (χ3v) is 2.73. The molecular weight excluding hydrogens is 240 g/mol. The monoisotopic (exact) mass is 249 g/mol. The molecule has 1 atom stereocenters. The van der Waals surface area contributed by atoms with E-state index in [1.165, 1.54) is 24.3 Å². The van der Waals surface area contributed by atoms with E-state index in [2.05, 4.69) is 0 Å². The second-order valence-corrected chi connectivity index (χ2v) is 4.25. The van der Waals surface area contributed by atoms with E-state index in [1.54, 1.807) is 24.3 Å². The van der Waals surface area contributed by atoms with E-state index in [4.69, 9.17) is 4.74 Å². The van der Waals surface area contributed by atoms with Crippen molar-refractivity contribution in [2.24, 2.45) is 0 Å². The van der Waals surface area contributed by atoms with E-state index >= 15 is 0 Å². The van der Waals surface area contributed by atoms with Gasteiger partial charge in [0, 0.05) is 11.0 Å². The largest absolute Gasteiger partial charge is 0.768 e. The predicted octanol–water partition coefficient (Wildman–Crippen LogP) is 2.42. The van der Waals surface area contributed by atoms with Gasteiger partial charge in [-0.05, 0) is 47.5 Å². The Labute approximate surface area is 101 Å². The van der Waals surface area contributed by atoms with E-state index in [9.17, 15) is 13.9 Å². The van der Waals surface area contributed by atoms with Crippen LogP contribution in [0.5, 0.6) is 17.2 Å². The molecule has 0 bridgehead atoms. The zero-order chi connectivity index (χ0) is 12.3. The van der Waals surface area contributed by atoms with Crippen LogP contribution in [0.4, 0.5) is 0 Å². The Kier molecular flexibility index (Phi) is 3.41. The second-order valence-electron chi connectivity index (χ2n) is 3.31. The van der Waals surface area contributed by atoms with Crippen molar-refractivity contribution in [3.05, 3.63) is 48.5 Å². The SMILES string of the molecule is O=S([O-])c1ccc(Oc2cccc(O)c2)cc1. The lowest BCUT2D eigenvalue weighted by molar-refractivity contribution is 0.455. The summed E-state index contributed by atoms with van der Waals surface area (Å²) in [7, 11) is 0. The lowest BCUT2D eigenvalue weighted by Crippen LogP contribution is -1.89. The molecule has 2 aromatic carbocycles. The van der Waals surface area contributed by atoms with Gasteiger partial charge in [-0.2, -0.15) is 0 Å². The van der Waals surface area contributed by atoms with Gasteiger partial charge in [-0.15, -0.1) is 0 Å². The van der Waals surface area contributed by atoms with Crippen LogP contribution in [0.2, 0.25) is 0 Å². The number of hydrogen-bond donors (Lipinski definition) is 1. The zero-order valence-electron chi connectivity index (χ0n) is 8.70. The van der Waals surface area contributed by atoms with Crippen molar-refractivity contribution in [3.8, 4) is 17.2 Å². The Balaban J connectivity index is 2.16. The van der Waals surface area contributed by atoms with Gasteiger partial charge < -0.3 is 14.4 Å². The van der Waals surface area contributed by atoms with Gasteiger partial charge in [-0.1, -0.05) is 6.07 Å². The number of phenols is 1. The molecule has 0 fully saturated rings. The fraction of sp³-hybridized carbons (Fsp3) is 0. The van der Waals surface area contributed by atoms with E-state index in [0.29, 0.717) is 11.5 Å². The van der Waals surface area contributed by atoms with Crippen LogP contribution in [0.15, 0.2) is 53.4 Å². The number of benzene rings is 2. The van der Waals surface area contributed by atoms with Crippen LogP contribution < -0.4 is 4.74 Å². The highest BCUT2D eigenvalue weighted by Crippen LogP contribution is 2.24. The van der Waals surface area contributed by atoms with Gasteiger partial charge in [-0.3, -0.25) is 4.21 Å². The first kappa shape index (κ1) is 11.6. The van der Waals surface area contributed by atoms with Crippen LogP contribution in [0, 0.1) is 0 Å². The van der Waals surface area contributed by atoms with Gasteiger partial charge in [0.1, 0.15) is 17.2 Å². The minimum Gasteiger partial charge on any atom is -0.768 e. The summed E-state index contributed by atoms with van der Waals surface area (Å²) in [6, 6.07) is 12.4. The van der Waals surface area contributed by atoms with Crippen molar-refractivity contribution < 1.29 is 18.6 Å². The number of rotatable bonds is 3. The number of aromatic hydroxyl groups is 1. The molecule has 0 spiro atoms. The van der Waals surface area contributed by atoms with Gasteiger partial charge >= 0.3 is 0 Å². The molecule has 0 radical (unpaired) electrons. The summed E-state index contributed by atoms with van der Waals surface area (Å²) < 4.78 is 26.7. The van der Waals surface area contributed by atoms with Crippen molar-refractivity contribution in [3.63, 3.8) is 0 Å². The van der Waals surface area contributed by atoms with Gasteiger partial charge in [0.05, 0.1) is 0 Å². The van der Waals surface area contributed by atoms with Crippen molar-refractivity contribution in [1.82, 2.24) is 0 Å². The Morgan fingerprint density at radius 1 is 1.06 bits per heavy atom. The summed E-state index contributed by atoms with van der Waals surface area (Å²) in [5.74, 6) is 1.10. The molecule has 5 heteroatoms. The average molecular weight is 249 g/mol. The number of hydrogen-bond acceptors (Lipinski definition) is 4. The molecule has 0 amide bonds. The first-order chi connectivity index (χ1) is 8.15. The molecule has 2 aromatic rings. The highest BCUT2D eigenvalue weighted by molar-refractivity contribution is 7.79. The Morgan fingerprint density at radius 2 is 1.76 bits per heavy atom. The summed E-state index contributed by atoms with van der Waals surface area (Å²) in [5, 5.41) is 9.25. The number of ether oxygens (including phenoxy) is 1. The van der Waals surface area contributed by atoms with E-state index in [0.717, 1.165) is 0 Å². The molecule has 0 saturated carbocycles. The molecule has 0 aromatic heterocycles. The molecule has 0 heterocycles. The summed E-state index contributed by atoms with van der Waals surface area (Å²) in [6.45, 7) is 0. The second kappa shape index (κ2) is 4.99. The quantitative estimate of drug-likeness (QED) is 0.848. The van der Waals surface area contributed by atoms with Gasteiger partial charge in [-0.25, -0.2) is 0 Å². The topological polar surface area (TPSA) is 69.6 Å². The third kappa shape index (κ3) is 3.05. The Morgan fingerprint density at radius 3 is 2.35 bits per heavy atom. The average Bonchev–Trinajstić information content (AvgIpc) is 2.29. The van der Waals surface area contributed by atoms with E-state index in [1.807, 2.05) is 0 Å². The van der Waals surface area contributed by atoms with Gasteiger partial charge in [0.2, 0.25) is 0 Å². The molecule has 0 aliphatic heterocycles. The van der Waals surface area contributed by atoms with E-state index in [-0.39, 0.29) is 10.6 Å². The molecule has 4 nitrogen and oxygen atoms in total. The maximum Gasteiger partial charge on any atom is 0.131 e. The normalized spacial score (nSPS) is 12.1. The summed E-state index contributed by atoms with van der Waals surface area (Å²) in [5.41, 5.74) is 0. The predicted molar refractivity (Wildman–Crippen MR) is 61.8 cm³/mol. The van der Waals surface area contributed by atoms with E-state index < -0.39 is 11.1 Å². The Hall–Kier alpha value is -1.85. The van der Waals surface area contributed by atoms with Crippen molar-refractivity contribution in [2.75, 3.05) is 0 Å². The summed E-state index contributed by atoms with van der Waals surface area (Å²) >= 11 is -2.23. The highest BCUT2D eigenvalue weighted by atomic mass is 32.2. The Bertz CT molecular complexity index is 536. The third-order valence-electron chi connectivity index (χ3n) is 2.07. The molecule has 0 aliphatic carbocycles. The van der Waals surface area contributed by atoms with Crippen LogP contribution >= 0.6 is 0 Å². The van der Waals surface area contributed by atoms with Crippen molar-refractivity contribution >= 4 is 11.1 Å². The van der Waals surface area contributed by atoms with Gasteiger partial charge in [0.25, 0.3) is 0 Å². The molecule has 1 N–H and O–H groups in total. The molecule has 88 valence electrons. The van der Waals surface area contributed by atoms with Crippen LogP contribution in [0.25, 0.3) is 0 Å². The van der Waals surface area contributed by atoms with Crippen molar-refractivity contribution in [1.29, 1.82) is 0 Å². The molecular formula is C12H9O4S-. The first-order valence-corrected chi connectivity index (χ1v) is 5.89. The molecule has 0 saturated heterocycles. The molecule has 2 rings (SSSR count). The number of phenolic OH excluding ortho intramolecular Hbond substituents is 1. The maximum absolute atomic E-state index is 10.6. The van der Waals surface area contributed by atoms with Crippen LogP contribution in [0.3, 0.4) is 0 Å². The summed E-state index contributed by atoms with van der Waals surface area (Å²) in [4.78, 5) is 0.202. The fourth-order valence-corrected chi connectivity index (χ4v) is 1.66. The highest BCUT2D eigenvalue weighted by Gasteiger charge is 1.99. The minimum absolute atomic E-state index is 0.111. The lowest BCUT2D eigenvalue weighted by Gasteiger charge is -2.08. The van der Waals surface area contributed by atoms with Crippen LogP contribution in [-0.2, 0) is 11.1 Å². The summed E-state index contributed by atoms with van der Waals surface area (Å²) in [6.07, 6.45) is 0. The maximum atomic E-state index is 10.6. The van der Waals surface area contributed by atoms with Gasteiger partial charge in [0.15, 0.2) is 0 Å². The molecule has 1 unspecified atom stereocenters. The molecule has 17 heavy (non-hydrogen) atoms. The standard InChI is InChI=1S/C12H10O4S/c13-9-2-1-3-11(8-9)16-10-4-6-12(7-5-10)17(14)15/h1-8,13H,(H,14,15)/p-1. The van der Waals surface area contributed by atoms with Crippen molar-refractivity contribution in [2.45, 2.75) is 4.90 Å². The van der Waals surface area contributed by atoms with Crippen LogP contribution in [0.1, 0.15) is 0 Å².